The van der Waals surface area contributed by atoms with Gasteiger partial charge in [0.1, 0.15) is 12.3 Å². The Morgan fingerprint density at radius 3 is 3.12 bits per heavy atom. The standard InChI is InChI=1S/C10H16N2O3S/c1-3-14-9(13)8(11-2)4-7-16-10-12-5-6-15-10/h5-6,8,11H,3-4,7H2,1-2H3. The molecule has 0 bridgehead atoms. The molecule has 0 amide bonds. The van der Waals surface area contributed by atoms with Crippen LogP contribution in [0.1, 0.15) is 13.3 Å². The third-order valence-corrected chi connectivity index (χ3v) is 2.85. The van der Waals surface area contributed by atoms with Crippen LogP contribution >= 0.6 is 11.8 Å². The Morgan fingerprint density at radius 2 is 2.56 bits per heavy atom. The fourth-order valence-electron chi connectivity index (χ4n) is 1.17. The van der Waals surface area contributed by atoms with E-state index >= 15 is 0 Å². The van der Waals surface area contributed by atoms with Crippen molar-refractivity contribution in [2.75, 3.05) is 19.4 Å². The topological polar surface area (TPSA) is 64.4 Å². The van der Waals surface area contributed by atoms with Crippen LogP contribution in [0.15, 0.2) is 22.1 Å². The Bertz CT molecular complexity index is 303. The van der Waals surface area contributed by atoms with Crippen LogP contribution < -0.4 is 5.32 Å². The minimum Gasteiger partial charge on any atom is -0.465 e. The number of esters is 1. The number of aromatic nitrogens is 1. The number of nitrogens with one attached hydrogen (secondary N) is 1. The van der Waals surface area contributed by atoms with Gasteiger partial charge in [0.2, 0.25) is 0 Å². The number of hydrogen-bond donors (Lipinski definition) is 1. The van der Waals surface area contributed by atoms with Gasteiger partial charge in [0.15, 0.2) is 0 Å². The average Bonchev–Trinajstić information content (AvgIpc) is 2.77. The van der Waals surface area contributed by atoms with Gasteiger partial charge in [0.25, 0.3) is 5.22 Å². The first-order chi connectivity index (χ1) is 7.77. The van der Waals surface area contributed by atoms with Gasteiger partial charge < -0.3 is 14.5 Å². The van der Waals surface area contributed by atoms with Gasteiger partial charge in [-0.1, -0.05) is 11.8 Å². The molecule has 1 aromatic rings. The molecule has 0 aromatic carbocycles. The zero-order chi connectivity index (χ0) is 11.8. The van der Waals surface area contributed by atoms with E-state index in [1.807, 2.05) is 0 Å². The number of nitrogens with zero attached hydrogens (tertiary/aromatic N) is 1. The molecule has 0 fully saturated rings. The lowest BCUT2D eigenvalue weighted by atomic mass is 10.2. The van der Waals surface area contributed by atoms with E-state index in [1.165, 1.54) is 18.0 Å². The summed E-state index contributed by atoms with van der Waals surface area (Å²) in [7, 11) is 1.75. The highest BCUT2D eigenvalue weighted by Gasteiger charge is 2.17. The monoisotopic (exact) mass is 244 g/mol. The summed E-state index contributed by atoms with van der Waals surface area (Å²) in [5, 5.41) is 3.55. The van der Waals surface area contributed by atoms with Crippen molar-refractivity contribution in [1.29, 1.82) is 0 Å². The summed E-state index contributed by atoms with van der Waals surface area (Å²) < 4.78 is 10.0. The molecule has 0 saturated carbocycles. The lowest BCUT2D eigenvalue weighted by Crippen LogP contribution is -2.36. The van der Waals surface area contributed by atoms with Gasteiger partial charge in [-0.15, -0.1) is 0 Å². The molecule has 0 aliphatic heterocycles. The van der Waals surface area contributed by atoms with Crippen molar-refractivity contribution >= 4 is 17.7 Å². The predicted octanol–water partition coefficient (Wildman–Crippen LogP) is 1.31. The van der Waals surface area contributed by atoms with Crippen LogP contribution in [0, 0.1) is 0 Å². The molecule has 16 heavy (non-hydrogen) atoms. The summed E-state index contributed by atoms with van der Waals surface area (Å²) in [5.41, 5.74) is 0. The van der Waals surface area contributed by atoms with Crippen LogP contribution in [0.5, 0.6) is 0 Å². The molecule has 1 atom stereocenters. The number of oxazole rings is 1. The third kappa shape index (κ3) is 4.24. The SMILES string of the molecule is CCOC(=O)C(CCSc1ncco1)NC. The summed E-state index contributed by atoms with van der Waals surface area (Å²) in [6.45, 7) is 2.20. The largest absolute Gasteiger partial charge is 0.465 e. The van der Waals surface area contributed by atoms with Gasteiger partial charge >= 0.3 is 5.97 Å². The molecular formula is C10H16N2O3S. The maximum absolute atomic E-state index is 11.4. The van der Waals surface area contributed by atoms with Crippen molar-refractivity contribution in [2.24, 2.45) is 0 Å². The van der Waals surface area contributed by atoms with E-state index in [0.717, 1.165) is 5.75 Å². The second-order valence-corrected chi connectivity index (χ2v) is 4.07. The number of likely N-dealkylation sites (N-methyl/N-ethyl adjacent to an activating group) is 1. The highest BCUT2D eigenvalue weighted by Crippen LogP contribution is 2.16. The van der Waals surface area contributed by atoms with Crippen LogP contribution in [0.25, 0.3) is 0 Å². The first kappa shape index (κ1) is 13.1. The smallest absolute Gasteiger partial charge is 0.323 e. The van der Waals surface area contributed by atoms with Crippen molar-refractivity contribution in [3.05, 3.63) is 12.5 Å². The van der Waals surface area contributed by atoms with Crippen LogP contribution in [-0.4, -0.2) is 36.4 Å². The van der Waals surface area contributed by atoms with Gasteiger partial charge in [0.05, 0.1) is 12.8 Å². The molecule has 1 heterocycles. The zero-order valence-electron chi connectivity index (χ0n) is 9.43. The number of carbonyl (C=O) groups is 1. The van der Waals surface area contributed by atoms with E-state index in [0.29, 0.717) is 18.3 Å². The quantitative estimate of drug-likeness (QED) is 0.576. The molecule has 1 aromatic heterocycles. The maximum Gasteiger partial charge on any atom is 0.323 e. The van der Waals surface area contributed by atoms with Crippen LogP contribution in [0.2, 0.25) is 0 Å². The Kier molecular flexibility index (Phi) is 5.95. The molecule has 6 heteroatoms. The molecule has 0 saturated heterocycles. The maximum atomic E-state index is 11.4. The van der Waals surface area contributed by atoms with Crippen LogP contribution in [0.4, 0.5) is 0 Å². The van der Waals surface area contributed by atoms with Crippen molar-refractivity contribution < 1.29 is 13.9 Å². The van der Waals surface area contributed by atoms with E-state index in [2.05, 4.69) is 10.3 Å². The summed E-state index contributed by atoms with van der Waals surface area (Å²) >= 11 is 1.48. The van der Waals surface area contributed by atoms with Gasteiger partial charge in [-0.05, 0) is 20.4 Å². The highest BCUT2D eigenvalue weighted by molar-refractivity contribution is 7.99. The average molecular weight is 244 g/mol. The molecule has 0 spiro atoms. The summed E-state index contributed by atoms with van der Waals surface area (Å²) in [6, 6.07) is -0.262. The van der Waals surface area contributed by atoms with Gasteiger partial charge in [-0.3, -0.25) is 4.79 Å². The number of ether oxygens (including phenoxy) is 1. The first-order valence-corrected chi connectivity index (χ1v) is 6.12. The molecule has 0 radical (unpaired) electrons. The molecule has 0 aliphatic rings. The predicted molar refractivity (Wildman–Crippen MR) is 61.3 cm³/mol. The minimum atomic E-state index is -0.262. The number of thioether (sulfide) groups is 1. The molecule has 5 nitrogen and oxygen atoms in total. The van der Waals surface area contributed by atoms with Crippen molar-refractivity contribution in [3.8, 4) is 0 Å². The highest BCUT2D eigenvalue weighted by atomic mass is 32.2. The van der Waals surface area contributed by atoms with Crippen LogP contribution in [0.3, 0.4) is 0 Å². The van der Waals surface area contributed by atoms with Crippen molar-refractivity contribution in [2.45, 2.75) is 24.6 Å². The number of hydrogen-bond acceptors (Lipinski definition) is 6. The lowest BCUT2D eigenvalue weighted by Gasteiger charge is -2.13. The molecule has 1 N–H and O–H groups in total. The van der Waals surface area contributed by atoms with E-state index in [9.17, 15) is 4.79 Å². The molecule has 1 rings (SSSR count). The van der Waals surface area contributed by atoms with E-state index in [-0.39, 0.29) is 12.0 Å². The van der Waals surface area contributed by atoms with Gasteiger partial charge in [-0.25, -0.2) is 4.98 Å². The Balaban J connectivity index is 2.26. The van der Waals surface area contributed by atoms with Crippen molar-refractivity contribution in [1.82, 2.24) is 10.3 Å². The summed E-state index contributed by atoms with van der Waals surface area (Å²) in [5.74, 6) is 0.545. The molecule has 0 aliphatic carbocycles. The second kappa shape index (κ2) is 7.29. The zero-order valence-corrected chi connectivity index (χ0v) is 10.3. The Morgan fingerprint density at radius 1 is 1.75 bits per heavy atom. The van der Waals surface area contributed by atoms with E-state index in [4.69, 9.17) is 9.15 Å². The van der Waals surface area contributed by atoms with E-state index < -0.39 is 0 Å². The third-order valence-electron chi connectivity index (χ3n) is 1.96. The fraction of sp³-hybridized carbons (Fsp3) is 0.600. The van der Waals surface area contributed by atoms with Gasteiger partial charge in [-0.2, -0.15) is 0 Å². The number of carbonyl (C=O) groups excluding carboxylic acids is 1. The molecular weight excluding hydrogens is 228 g/mol. The molecule has 1 unspecified atom stereocenters. The Hall–Kier alpha value is -1.01. The van der Waals surface area contributed by atoms with Gasteiger partial charge in [0, 0.05) is 5.75 Å². The van der Waals surface area contributed by atoms with E-state index in [1.54, 1.807) is 20.2 Å². The normalized spacial score (nSPS) is 12.4. The van der Waals surface area contributed by atoms with Crippen LogP contribution in [-0.2, 0) is 9.53 Å². The molecule has 90 valence electrons. The Labute approximate surface area is 98.9 Å². The second-order valence-electron chi connectivity index (χ2n) is 3.03. The first-order valence-electron chi connectivity index (χ1n) is 5.14. The fourth-order valence-corrected chi connectivity index (χ4v) is 1.96. The summed E-state index contributed by atoms with van der Waals surface area (Å²) in [6.07, 6.45) is 3.81. The lowest BCUT2D eigenvalue weighted by molar-refractivity contribution is -0.145. The minimum absolute atomic E-state index is 0.210. The number of rotatable bonds is 7. The summed E-state index contributed by atoms with van der Waals surface area (Å²) in [4.78, 5) is 15.4. The van der Waals surface area contributed by atoms with Crippen molar-refractivity contribution in [3.63, 3.8) is 0 Å².